The summed E-state index contributed by atoms with van der Waals surface area (Å²) in [5.41, 5.74) is 0.576. The number of hydrogen-bond donors (Lipinski definition) is 2. The number of nitrogens with one attached hydrogen (secondary N) is 2. The van der Waals surface area contributed by atoms with E-state index >= 15 is 0 Å². The minimum absolute atomic E-state index is 0.124. The molecule has 1 aromatic heterocycles. The zero-order valence-electron chi connectivity index (χ0n) is 14.1. The number of ether oxygens (including phenoxy) is 1. The summed E-state index contributed by atoms with van der Waals surface area (Å²) in [7, 11) is 0. The standard InChI is InChI=1S/C16H21F2N5O2/c1-3-19-16(20-9-8-14-22-11(2)23-25-14)21-10-12-6-4-5-7-13(12)24-15(17)18/h4-7,15H,3,8-10H2,1-2H3,(H2,19,20,21). The second-order valence-electron chi connectivity index (χ2n) is 5.09. The van der Waals surface area contributed by atoms with Crippen LogP contribution >= 0.6 is 0 Å². The van der Waals surface area contributed by atoms with Crippen LogP contribution in [-0.2, 0) is 13.0 Å². The zero-order chi connectivity index (χ0) is 18.1. The number of aryl methyl sites for hydroxylation is 1. The second kappa shape index (κ2) is 9.55. The molecule has 1 aromatic carbocycles. The van der Waals surface area contributed by atoms with Gasteiger partial charge in [0.15, 0.2) is 11.8 Å². The van der Waals surface area contributed by atoms with Crippen LogP contribution in [0.4, 0.5) is 8.78 Å². The Morgan fingerprint density at radius 3 is 2.80 bits per heavy atom. The van der Waals surface area contributed by atoms with E-state index in [9.17, 15) is 8.78 Å². The van der Waals surface area contributed by atoms with Crippen molar-refractivity contribution < 1.29 is 18.0 Å². The number of guanidine groups is 1. The SMILES string of the molecule is CCNC(=NCc1ccccc1OC(F)F)NCCc1nc(C)no1. The number of hydrogen-bond acceptors (Lipinski definition) is 5. The van der Waals surface area contributed by atoms with E-state index in [0.29, 0.717) is 42.7 Å². The molecule has 2 N–H and O–H groups in total. The Bertz CT molecular complexity index is 691. The topological polar surface area (TPSA) is 84.6 Å². The Balaban J connectivity index is 1.94. The van der Waals surface area contributed by atoms with Crippen molar-refractivity contribution in [3.8, 4) is 5.75 Å². The summed E-state index contributed by atoms with van der Waals surface area (Å²) in [4.78, 5) is 8.51. The first-order chi connectivity index (χ1) is 12.1. The molecule has 0 bridgehead atoms. The lowest BCUT2D eigenvalue weighted by Gasteiger charge is -2.12. The van der Waals surface area contributed by atoms with Crippen LogP contribution in [0.5, 0.6) is 5.75 Å². The predicted molar refractivity (Wildman–Crippen MR) is 88.6 cm³/mol. The fourth-order valence-electron chi connectivity index (χ4n) is 2.08. The first-order valence-corrected chi connectivity index (χ1v) is 7.92. The monoisotopic (exact) mass is 353 g/mol. The fraction of sp³-hybridized carbons (Fsp3) is 0.438. The summed E-state index contributed by atoms with van der Waals surface area (Å²) in [5.74, 6) is 1.81. The minimum atomic E-state index is -2.87. The summed E-state index contributed by atoms with van der Waals surface area (Å²) in [6, 6.07) is 6.59. The molecule has 7 nitrogen and oxygen atoms in total. The third kappa shape index (κ3) is 6.36. The van der Waals surface area contributed by atoms with Gasteiger partial charge in [-0.1, -0.05) is 23.4 Å². The van der Waals surface area contributed by atoms with Gasteiger partial charge in [0.25, 0.3) is 0 Å². The van der Waals surface area contributed by atoms with Crippen molar-refractivity contribution >= 4 is 5.96 Å². The summed E-state index contributed by atoms with van der Waals surface area (Å²) in [6.07, 6.45) is 0.552. The highest BCUT2D eigenvalue weighted by molar-refractivity contribution is 5.79. The number of nitrogens with zero attached hydrogens (tertiary/aromatic N) is 3. The maximum absolute atomic E-state index is 12.4. The molecule has 0 unspecified atom stereocenters. The Morgan fingerprint density at radius 2 is 2.12 bits per heavy atom. The van der Waals surface area contributed by atoms with Crippen LogP contribution in [0.1, 0.15) is 24.2 Å². The Morgan fingerprint density at radius 1 is 1.32 bits per heavy atom. The van der Waals surface area contributed by atoms with Crippen LogP contribution < -0.4 is 15.4 Å². The molecule has 0 saturated carbocycles. The molecule has 136 valence electrons. The number of halogens is 2. The largest absolute Gasteiger partial charge is 0.434 e. The maximum Gasteiger partial charge on any atom is 0.387 e. The lowest BCUT2D eigenvalue weighted by molar-refractivity contribution is -0.0504. The van der Waals surface area contributed by atoms with Crippen LogP contribution in [0, 0.1) is 6.92 Å². The van der Waals surface area contributed by atoms with Crippen LogP contribution in [0.25, 0.3) is 0 Å². The quantitative estimate of drug-likeness (QED) is 0.559. The normalized spacial score (nSPS) is 11.6. The lowest BCUT2D eigenvalue weighted by Crippen LogP contribution is -2.38. The smallest absolute Gasteiger partial charge is 0.387 e. The third-order valence-corrected chi connectivity index (χ3v) is 3.14. The molecule has 0 aliphatic rings. The van der Waals surface area contributed by atoms with E-state index in [2.05, 4.69) is 30.5 Å². The van der Waals surface area contributed by atoms with E-state index < -0.39 is 6.61 Å². The van der Waals surface area contributed by atoms with Gasteiger partial charge in [0.2, 0.25) is 5.89 Å². The molecule has 1 heterocycles. The Labute approximate surface area is 144 Å². The number of aliphatic imine (C=N–C) groups is 1. The summed E-state index contributed by atoms with van der Waals surface area (Å²) < 4.78 is 34.4. The Hall–Kier alpha value is -2.71. The van der Waals surface area contributed by atoms with E-state index in [0.717, 1.165) is 0 Å². The molecular formula is C16H21F2N5O2. The predicted octanol–water partition coefficient (Wildman–Crippen LogP) is 2.28. The van der Waals surface area contributed by atoms with Crippen LogP contribution in [0.2, 0.25) is 0 Å². The van der Waals surface area contributed by atoms with Crippen molar-refractivity contribution in [1.82, 2.24) is 20.8 Å². The molecule has 25 heavy (non-hydrogen) atoms. The number of alkyl halides is 2. The average Bonchev–Trinajstić information content (AvgIpc) is 2.98. The van der Waals surface area contributed by atoms with Gasteiger partial charge in [-0.15, -0.1) is 0 Å². The molecule has 9 heteroatoms. The highest BCUT2D eigenvalue weighted by atomic mass is 19.3. The van der Waals surface area contributed by atoms with Crippen LogP contribution in [0.3, 0.4) is 0 Å². The molecule has 2 rings (SSSR count). The minimum Gasteiger partial charge on any atom is -0.434 e. The average molecular weight is 353 g/mol. The van der Waals surface area contributed by atoms with E-state index in [-0.39, 0.29) is 12.3 Å². The highest BCUT2D eigenvalue weighted by Crippen LogP contribution is 2.20. The summed E-state index contributed by atoms with van der Waals surface area (Å²) in [6.45, 7) is 2.24. The number of aromatic nitrogens is 2. The second-order valence-corrected chi connectivity index (χ2v) is 5.09. The van der Waals surface area contributed by atoms with Crippen LogP contribution in [-0.4, -0.2) is 35.8 Å². The van der Waals surface area contributed by atoms with Gasteiger partial charge in [-0.05, 0) is 19.9 Å². The molecule has 0 aliphatic carbocycles. The first kappa shape index (κ1) is 18.6. The fourth-order valence-corrected chi connectivity index (χ4v) is 2.08. The van der Waals surface area contributed by atoms with Gasteiger partial charge in [0.1, 0.15) is 5.75 Å². The molecule has 2 aromatic rings. The van der Waals surface area contributed by atoms with Crippen molar-refractivity contribution in [1.29, 1.82) is 0 Å². The van der Waals surface area contributed by atoms with E-state index in [1.807, 2.05) is 6.92 Å². The number of benzene rings is 1. The van der Waals surface area contributed by atoms with Gasteiger partial charge in [-0.25, -0.2) is 4.99 Å². The van der Waals surface area contributed by atoms with E-state index in [4.69, 9.17) is 4.52 Å². The molecule has 0 amide bonds. The van der Waals surface area contributed by atoms with Crippen molar-refractivity contribution in [2.75, 3.05) is 13.1 Å². The lowest BCUT2D eigenvalue weighted by atomic mass is 10.2. The maximum atomic E-state index is 12.4. The molecule has 0 aliphatic heterocycles. The molecule has 0 spiro atoms. The third-order valence-electron chi connectivity index (χ3n) is 3.14. The summed E-state index contributed by atoms with van der Waals surface area (Å²) in [5, 5.41) is 9.94. The molecule has 0 fully saturated rings. The van der Waals surface area contributed by atoms with E-state index in [1.165, 1.54) is 6.07 Å². The highest BCUT2D eigenvalue weighted by Gasteiger charge is 2.09. The molecule has 0 atom stereocenters. The van der Waals surface area contributed by atoms with Crippen molar-refractivity contribution in [3.63, 3.8) is 0 Å². The van der Waals surface area contributed by atoms with Gasteiger partial charge in [0.05, 0.1) is 6.54 Å². The van der Waals surface area contributed by atoms with E-state index in [1.54, 1.807) is 25.1 Å². The Kier molecular flexibility index (Phi) is 7.12. The van der Waals surface area contributed by atoms with Gasteiger partial charge < -0.3 is 19.9 Å². The van der Waals surface area contributed by atoms with Crippen LogP contribution in [0.15, 0.2) is 33.8 Å². The van der Waals surface area contributed by atoms with Gasteiger partial charge in [-0.3, -0.25) is 0 Å². The first-order valence-electron chi connectivity index (χ1n) is 7.92. The summed E-state index contributed by atoms with van der Waals surface area (Å²) >= 11 is 0. The van der Waals surface area contributed by atoms with Gasteiger partial charge in [-0.2, -0.15) is 13.8 Å². The van der Waals surface area contributed by atoms with Crippen molar-refractivity contribution in [2.24, 2.45) is 4.99 Å². The van der Waals surface area contributed by atoms with Crippen molar-refractivity contribution in [2.45, 2.75) is 33.4 Å². The number of para-hydroxylation sites is 1. The van der Waals surface area contributed by atoms with Gasteiger partial charge in [0, 0.05) is 25.1 Å². The molecular weight excluding hydrogens is 332 g/mol. The number of rotatable bonds is 8. The molecule has 0 saturated heterocycles. The molecule has 0 radical (unpaired) electrons. The van der Waals surface area contributed by atoms with Gasteiger partial charge >= 0.3 is 6.61 Å². The zero-order valence-corrected chi connectivity index (χ0v) is 14.1. The van der Waals surface area contributed by atoms with Crippen molar-refractivity contribution in [3.05, 3.63) is 41.5 Å².